The molecule has 2 aromatic heterocycles. The fourth-order valence-electron chi connectivity index (χ4n) is 11.4. The highest BCUT2D eigenvalue weighted by Gasteiger charge is 2.36. The lowest BCUT2D eigenvalue weighted by Crippen LogP contribution is -2.08. The summed E-state index contributed by atoms with van der Waals surface area (Å²) in [7, 11) is -2.27. The van der Waals surface area contributed by atoms with Crippen LogP contribution in [0.5, 0.6) is 0 Å². The predicted octanol–water partition coefficient (Wildman–Crippen LogP) is 20.8. The molecule has 0 atom stereocenters. The quantitative estimate of drug-likeness (QED) is 0.129. The summed E-state index contributed by atoms with van der Waals surface area (Å²) in [5.74, 6) is 0. The van der Waals surface area contributed by atoms with E-state index < -0.39 is 10.0 Å². The lowest BCUT2D eigenvalue weighted by molar-refractivity contribution is 1.16. The van der Waals surface area contributed by atoms with Crippen molar-refractivity contribution in [2.24, 2.45) is 0 Å². The van der Waals surface area contributed by atoms with Crippen molar-refractivity contribution >= 4 is 63.3 Å². The summed E-state index contributed by atoms with van der Waals surface area (Å²) in [6.45, 7) is 0. The Labute approximate surface area is 443 Å². The molecule has 0 unspecified atom stereocenters. The largest absolute Gasteiger partial charge is 0.308 e. The van der Waals surface area contributed by atoms with Gasteiger partial charge >= 0.3 is 0 Å². The van der Waals surface area contributed by atoms with Gasteiger partial charge < -0.3 is 4.57 Å². The number of hydrogen-bond donors (Lipinski definition) is 0. The minimum absolute atomic E-state index is 1.15. The van der Waals surface area contributed by atoms with Gasteiger partial charge in [0.25, 0.3) is 0 Å². The Morgan fingerprint density at radius 2 is 0.653 bits per heavy atom. The van der Waals surface area contributed by atoms with Gasteiger partial charge in [0.1, 0.15) is 0 Å². The second-order valence-electron chi connectivity index (χ2n) is 19.2. The highest BCUT2D eigenvalue weighted by atomic mass is 32.3. The molecule has 0 aliphatic rings. The number of aromatic nitrogens is 1. The average molecular weight is 992 g/mol. The van der Waals surface area contributed by atoms with Crippen molar-refractivity contribution < 1.29 is 0 Å². The molecule has 0 amide bonds. The summed E-state index contributed by atoms with van der Waals surface area (Å²) in [5.41, 5.74) is 15.3. The van der Waals surface area contributed by atoms with Crippen molar-refractivity contribution in [3.8, 4) is 61.3 Å². The number of nitrogens with zero attached hydrogens (tertiary/aromatic N) is 1. The third-order valence-electron chi connectivity index (χ3n) is 14.9. The molecule has 14 aromatic rings. The minimum Gasteiger partial charge on any atom is -0.308 e. The van der Waals surface area contributed by atoms with Crippen LogP contribution in [0.3, 0.4) is 0 Å². The Bertz CT molecular complexity index is 4240. The first-order chi connectivity index (χ1) is 37.2. The maximum absolute atomic E-state index is 2.56. The van der Waals surface area contributed by atoms with E-state index in [4.69, 9.17) is 0 Å². The summed E-state index contributed by atoms with van der Waals surface area (Å²) in [6, 6.07) is 111. The van der Waals surface area contributed by atoms with Crippen molar-refractivity contribution in [3.63, 3.8) is 0 Å². The van der Waals surface area contributed by atoms with Crippen LogP contribution in [0.15, 0.2) is 317 Å². The van der Waals surface area contributed by atoms with E-state index >= 15 is 0 Å². The smallest absolute Gasteiger partial charge is 0.0619 e. The number of fused-ring (bicyclic) bond motifs is 6. The molecule has 0 saturated heterocycles. The fraction of sp³-hybridized carbons (Fsp3) is 0. The Kier molecular flexibility index (Phi) is 11.2. The lowest BCUT2D eigenvalue weighted by Gasteiger charge is -2.43. The summed E-state index contributed by atoms with van der Waals surface area (Å²) in [5, 5.41) is 5.06. The molecule has 354 valence electrons. The third-order valence-corrected chi connectivity index (χ3v) is 19.9. The molecule has 75 heavy (non-hydrogen) atoms. The number of hydrogen-bond acceptors (Lipinski definition) is 1. The van der Waals surface area contributed by atoms with Gasteiger partial charge in [-0.3, -0.25) is 0 Å². The standard InChI is InChI=1S/C72H49NS2/c1-6-22-50(23-7-1)54-30-20-34-59(44-54)75(58-32-14-5-15-33-58,60-35-21-31-55(45-60)51-24-8-2-9-25-51)61-48-64(52-26-10-3-11-27-52)72(65(49-61)53-28-12-4-13-29-53)73-68-38-18-16-36-62(68)66-46-56(40-42-69(66)73)57-41-43-71-67(47-57)63-37-17-19-39-70(63)74-71/h1-49H. The maximum atomic E-state index is 2.56. The van der Waals surface area contributed by atoms with E-state index in [1.54, 1.807) is 0 Å². The Morgan fingerprint density at radius 3 is 1.24 bits per heavy atom. The molecule has 0 radical (unpaired) electrons. The van der Waals surface area contributed by atoms with Gasteiger partial charge in [-0.05, 0) is 129 Å². The van der Waals surface area contributed by atoms with E-state index in [0.29, 0.717) is 0 Å². The van der Waals surface area contributed by atoms with Crippen LogP contribution in [0.2, 0.25) is 0 Å². The van der Waals surface area contributed by atoms with Crippen LogP contribution < -0.4 is 0 Å². The topological polar surface area (TPSA) is 4.93 Å². The summed E-state index contributed by atoms with van der Waals surface area (Å²) >= 11 is 1.87. The van der Waals surface area contributed by atoms with Gasteiger partial charge in [-0.1, -0.05) is 212 Å². The van der Waals surface area contributed by atoms with Crippen molar-refractivity contribution in [2.75, 3.05) is 0 Å². The lowest BCUT2D eigenvalue weighted by atomic mass is 9.95. The third kappa shape index (κ3) is 7.71. The van der Waals surface area contributed by atoms with Crippen LogP contribution in [-0.4, -0.2) is 4.57 Å². The highest BCUT2D eigenvalue weighted by Crippen LogP contribution is 2.74. The van der Waals surface area contributed by atoms with Gasteiger partial charge in [-0.15, -0.1) is 21.4 Å². The molecule has 0 N–H and O–H groups in total. The molecule has 0 aliphatic carbocycles. The van der Waals surface area contributed by atoms with Crippen LogP contribution in [0, 0.1) is 0 Å². The zero-order valence-corrected chi connectivity index (χ0v) is 42.7. The molecule has 0 bridgehead atoms. The molecule has 0 spiro atoms. The van der Waals surface area contributed by atoms with E-state index in [2.05, 4.69) is 302 Å². The predicted molar refractivity (Wildman–Crippen MR) is 321 cm³/mol. The fourth-order valence-corrected chi connectivity index (χ4v) is 16.5. The molecule has 2 heterocycles. The van der Waals surface area contributed by atoms with E-state index in [-0.39, 0.29) is 0 Å². The monoisotopic (exact) mass is 991 g/mol. The molecule has 14 rings (SSSR count). The first kappa shape index (κ1) is 44.7. The number of para-hydroxylation sites is 1. The summed E-state index contributed by atoms with van der Waals surface area (Å²) in [6.07, 6.45) is 0. The molecule has 12 aromatic carbocycles. The number of rotatable bonds is 10. The molecule has 0 aliphatic heterocycles. The molecular formula is C72H49NS2. The second-order valence-corrected chi connectivity index (χ2v) is 23.4. The first-order valence-corrected chi connectivity index (χ1v) is 28.1. The maximum Gasteiger partial charge on any atom is 0.0619 e. The van der Waals surface area contributed by atoms with Crippen LogP contribution in [0.1, 0.15) is 0 Å². The molecular weight excluding hydrogens is 943 g/mol. The van der Waals surface area contributed by atoms with Gasteiger partial charge in [0.2, 0.25) is 0 Å². The van der Waals surface area contributed by atoms with Crippen molar-refractivity contribution in [3.05, 3.63) is 297 Å². The van der Waals surface area contributed by atoms with Crippen LogP contribution in [0.4, 0.5) is 0 Å². The van der Waals surface area contributed by atoms with Crippen LogP contribution in [-0.2, 0) is 0 Å². The van der Waals surface area contributed by atoms with E-state index in [9.17, 15) is 0 Å². The minimum atomic E-state index is -2.27. The summed E-state index contributed by atoms with van der Waals surface area (Å²) in [4.78, 5) is 5.06. The number of thiophene rings is 1. The molecule has 0 fully saturated rings. The Hall–Kier alpha value is -8.99. The van der Waals surface area contributed by atoms with Crippen LogP contribution in [0.25, 0.3) is 103 Å². The van der Waals surface area contributed by atoms with Gasteiger partial charge in [-0.2, -0.15) is 0 Å². The van der Waals surface area contributed by atoms with Gasteiger partial charge in [-0.25, -0.2) is 0 Å². The molecule has 0 saturated carbocycles. The molecule has 3 heteroatoms. The average Bonchev–Trinajstić information content (AvgIpc) is 4.04. The van der Waals surface area contributed by atoms with Crippen molar-refractivity contribution in [1.82, 2.24) is 4.57 Å². The second kappa shape index (κ2) is 18.8. The number of benzene rings is 12. The van der Waals surface area contributed by atoms with E-state index in [1.165, 1.54) is 101 Å². The Morgan fingerprint density at radius 1 is 0.240 bits per heavy atom. The molecule has 1 nitrogen and oxygen atoms in total. The van der Waals surface area contributed by atoms with E-state index in [1.807, 2.05) is 11.3 Å². The normalized spacial score (nSPS) is 11.9. The SMILES string of the molecule is c1ccc(-c2cccc(S(c3ccccc3)(c3cccc(-c4ccccc4)c3)c3cc(-c4ccccc4)c(-n4c5ccccc5c5cc(-c6ccc7sc8ccccc8c7c6)ccc54)c(-c4ccccc4)c3)c2)cc1. The Balaban J connectivity index is 1.09. The van der Waals surface area contributed by atoms with Crippen molar-refractivity contribution in [2.45, 2.75) is 19.6 Å². The van der Waals surface area contributed by atoms with Gasteiger partial charge in [0.15, 0.2) is 0 Å². The van der Waals surface area contributed by atoms with Crippen LogP contribution >= 0.6 is 21.4 Å². The zero-order valence-electron chi connectivity index (χ0n) is 41.1. The highest BCUT2D eigenvalue weighted by molar-refractivity contribution is 8.34. The van der Waals surface area contributed by atoms with Crippen molar-refractivity contribution in [1.29, 1.82) is 0 Å². The first-order valence-electron chi connectivity index (χ1n) is 25.6. The van der Waals surface area contributed by atoms with E-state index in [0.717, 1.165) is 22.3 Å². The van der Waals surface area contributed by atoms with Gasteiger partial charge in [0.05, 0.1) is 16.7 Å². The zero-order chi connectivity index (χ0) is 49.7. The van der Waals surface area contributed by atoms with Gasteiger partial charge in [0, 0.05) is 61.7 Å². The summed E-state index contributed by atoms with van der Waals surface area (Å²) < 4.78 is 5.19.